The summed E-state index contributed by atoms with van der Waals surface area (Å²) in [6, 6.07) is 5.72. The minimum absolute atomic E-state index is 0.185. The minimum atomic E-state index is -0.764. The van der Waals surface area contributed by atoms with E-state index in [1.165, 1.54) is 6.39 Å². The van der Waals surface area contributed by atoms with Crippen molar-refractivity contribution in [3.63, 3.8) is 0 Å². The molecule has 15 heavy (non-hydrogen) atoms. The minimum Gasteiger partial charge on any atom is -0.481 e. The summed E-state index contributed by atoms with van der Waals surface area (Å²) in [5, 5.41) is 8.53. The van der Waals surface area contributed by atoms with E-state index in [4.69, 9.17) is 9.52 Å². The second-order valence-electron chi connectivity index (χ2n) is 3.37. The van der Waals surface area contributed by atoms with Crippen LogP contribution in [0.2, 0.25) is 0 Å². The third kappa shape index (κ3) is 2.15. The third-order valence-corrected chi connectivity index (χ3v) is 2.27. The Bertz CT molecular complexity index is 475. The van der Waals surface area contributed by atoms with Gasteiger partial charge in [-0.15, -0.1) is 0 Å². The van der Waals surface area contributed by atoms with Crippen molar-refractivity contribution in [3.8, 4) is 0 Å². The summed E-state index contributed by atoms with van der Waals surface area (Å²) in [5.74, 6) is -0.764. The Morgan fingerprint density at radius 1 is 1.47 bits per heavy atom. The fourth-order valence-electron chi connectivity index (χ4n) is 1.57. The molecule has 0 radical (unpaired) electrons. The van der Waals surface area contributed by atoms with Crippen molar-refractivity contribution in [1.29, 1.82) is 0 Å². The van der Waals surface area contributed by atoms with Gasteiger partial charge in [-0.1, -0.05) is 12.1 Å². The summed E-state index contributed by atoms with van der Waals surface area (Å²) in [7, 11) is 0. The molecule has 0 aliphatic carbocycles. The molecule has 1 N–H and O–H groups in total. The van der Waals surface area contributed by atoms with Crippen LogP contribution in [-0.2, 0) is 11.2 Å². The highest BCUT2D eigenvalue weighted by Gasteiger charge is 2.05. The van der Waals surface area contributed by atoms with E-state index in [1.807, 2.05) is 18.2 Å². The Morgan fingerprint density at radius 2 is 2.33 bits per heavy atom. The van der Waals surface area contributed by atoms with E-state index in [0.717, 1.165) is 16.7 Å². The van der Waals surface area contributed by atoms with Gasteiger partial charge in [0, 0.05) is 6.42 Å². The number of aliphatic carboxylic acids is 1. The number of benzene rings is 1. The van der Waals surface area contributed by atoms with E-state index in [2.05, 4.69) is 4.98 Å². The maximum atomic E-state index is 10.4. The van der Waals surface area contributed by atoms with Gasteiger partial charge >= 0.3 is 5.97 Å². The third-order valence-electron chi connectivity index (χ3n) is 2.27. The Hall–Kier alpha value is -1.84. The van der Waals surface area contributed by atoms with Gasteiger partial charge in [0.25, 0.3) is 0 Å². The summed E-state index contributed by atoms with van der Waals surface area (Å²) in [4.78, 5) is 14.4. The second-order valence-corrected chi connectivity index (χ2v) is 3.37. The van der Waals surface area contributed by atoms with E-state index in [0.29, 0.717) is 12.8 Å². The molecule has 0 aliphatic rings. The Kier molecular flexibility index (Phi) is 2.67. The van der Waals surface area contributed by atoms with Crippen molar-refractivity contribution in [2.75, 3.05) is 0 Å². The number of carbonyl (C=O) groups is 1. The number of hydrogen-bond acceptors (Lipinski definition) is 3. The fourth-order valence-corrected chi connectivity index (χ4v) is 1.57. The summed E-state index contributed by atoms with van der Waals surface area (Å²) in [5.41, 5.74) is 2.61. The number of rotatable bonds is 4. The van der Waals surface area contributed by atoms with Gasteiger partial charge in [0.15, 0.2) is 12.0 Å². The van der Waals surface area contributed by atoms with E-state index >= 15 is 0 Å². The zero-order chi connectivity index (χ0) is 10.7. The SMILES string of the molecule is O=C(O)CCCc1cccc2ncoc12. The van der Waals surface area contributed by atoms with Crippen molar-refractivity contribution in [3.05, 3.63) is 30.2 Å². The molecule has 0 atom stereocenters. The van der Waals surface area contributed by atoms with Gasteiger partial charge in [0.1, 0.15) is 5.52 Å². The predicted octanol–water partition coefficient (Wildman–Crippen LogP) is 2.24. The molecule has 0 saturated carbocycles. The topological polar surface area (TPSA) is 63.3 Å². The van der Waals surface area contributed by atoms with Crippen LogP contribution in [0.5, 0.6) is 0 Å². The Labute approximate surface area is 86.5 Å². The maximum Gasteiger partial charge on any atom is 0.303 e. The molecule has 0 fully saturated rings. The molecule has 78 valence electrons. The molecular formula is C11H11NO3. The highest BCUT2D eigenvalue weighted by atomic mass is 16.4. The zero-order valence-electron chi connectivity index (χ0n) is 8.14. The first-order chi connectivity index (χ1) is 7.27. The number of aromatic nitrogens is 1. The Balaban J connectivity index is 2.13. The van der Waals surface area contributed by atoms with Crippen LogP contribution in [0, 0.1) is 0 Å². The van der Waals surface area contributed by atoms with Gasteiger partial charge in [-0.25, -0.2) is 4.98 Å². The van der Waals surface area contributed by atoms with E-state index in [-0.39, 0.29) is 6.42 Å². The van der Waals surface area contributed by atoms with Crippen LogP contribution in [0.15, 0.2) is 29.0 Å². The van der Waals surface area contributed by atoms with Crippen LogP contribution < -0.4 is 0 Å². The average molecular weight is 205 g/mol. The number of carboxylic acid groups (broad SMARTS) is 1. The summed E-state index contributed by atoms with van der Waals surface area (Å²) in [6.07, 6.45) is 2.92. The first-order valence-electron chi connectivity index (χ1n) is 4.80. The highest BCUT2D eigenvalue weighted by Crippen LogP contribution is 2.18. The standard InChI is InChI=1S/C11H11NO3/c13-10(14)6-2-4-8-3-1-5-9-11(8)15-7-12-9/h1,3,5,7H,2,4,6H2,(H,13,14). The average Bonchev–Trinajstić information content (AvgIpc) is 2.65. The first kappa shape index (κ1) is 9.71. The molecule has 0 amide bonds. The number of hydrogen-bond donors (Lipinski definition) is 1. The van der Waals surface area contributed by atoms with Crippen molar-refractivity contribution in [2.45, 2.75) is 19.3 Å². The van der Waals surface area contributed by atoms with Crippen LogP contribution in [-0.4, -0.2) is 16.1 Å². The van der Waals surface area contributed by atoms with Crippen molar-refractivity contribution in [1.82, 2.24) is 4.98 Å². The number of oxazole rings is 1. The second kappa shape index (κ2) is 4.13. The number of nitrogens with zero attached hydrogens (tertiary/aromatic N) is 1. The van der Waals surface area contributed by atoms with Gasteiger partial charge in [0.2, 0.25) is 0 Å². The molecule has 4 nitrogen and oxygen atoms in total. The number of aryl methyl sites for hydroxylation is 1. The van der Waals surface area contributed by atoms with Gasteiger partial charge in [-0.2, -0.15) is 0 Å². The normalized spacial score (nSPS) is 10.7. The van der Waals surface area contributed by atoms with Crippen molar-refractivity contribution < 1.29 is 14.3 Å². The molecule has 0 saturated heterocycles. The lowest BCUT2D eigenvalue weighted by Crippen LogP contribution is -1.96. The molecule has 2 aromatic rings. The van der Waals surface area contributed by atoms with E-state index in [1.54, 1.807) is 0 Å². The molecule has 0 spiro atoms. The van der Waals surface area contributed by atoms with Crippen molar-refractivity contribution in [2.24, 2.45) is 0 Å². The number of para-hydroxylation sites is 1. The van der Waals surface area contributed by atoms with Crippen LogP contribution >= 0.6 is 0 Å². The van der Waals surface area contributed by atoms with Gasteiger partial charge in [-0.05, 0) is 24.5 Å². The zero-order valence-corrected chi connectivity index (χ0v) is 8.14. The fraction of sp³-hybridized carbons (Fsp3) is 0.273. The number of fused-ring (bicyclic) bond motifs is 1. The highest BCUT2D eigenvalue weighted by molar-refractivity contribution is 5.75. The summed E-state index contributed by atoms with van der Waals surface area (Å²) >= 11 is 0. The van der Waals surface area contributed by atoms with Crippen molar-refractivity contribution >= 4 is 17.1 Å². The maximum absolute atomic E-state index is 10.4. The van der Waals surface area contributed by atoms with Crippen LogP contribution in [0.1, 0.15) is 18.4 Å². The quantitative estimate of drug-likeness (QED) is 0.831. The molecule has 4 heteroatoms. The lowest BCUT2D eigenvalue weighted by Gasteiger charge is -1.99. The molecule has 0 aliphatic heterocycles. The summed E-state index contributed by atoms with van der Waals surface area (Å²) < 4.78 is 5.25. The largest absolute Gasteiger partial charge is 0.481 e. The predicted molar refractivity (Wildman–Crippen MR) is 54.6 cm³/mol. The molecule has 0 bridgehead atoms. The summed E-state index contributed by atoms with van der Waals surface area (Å²) in [6.45, 7) is 0. The monoisotopic (exact) mass is 205 g/mol. The van der Waals surface area contributed by atoms with Crippen LogP contribution in [0.4, 0.5) is 0 Å². The molecule has 1 aromatic heterocycles. The molecule has 1 aromatic carbocycles. The molecular weight excluding hydrogens is 194 g/mol. The lowest BCUT2D eigenvalue weighted by molar-refractivity contribution is -0.137. The van der Waals surface area contributed by atoms with Crippen LogP contribution in [0.3, 0.4) is 0 Å². The van der Waals surface area contributed by atoms with Gasteiger partial charge < -0.3 is 9.52 Å². The number of carboxylic acids is 1. The van der Waals surface area contributed by atoms with E-state index < -0.39 is 5.97 Å². The van der Waals surface area contributed by atoms with Gasteiger partial charge in [0.05, 0.1) is 0 Å². The Morgan fingerprint density at radius 3 is 3.13 bits per heavy atom. The molecule has 0 unspecified atom stereocenters. The smallest absolute Gasteiger partial charge is 0.303 e. The van der Waals surface area contributed by atoms with Crippen LogP contribution in [0.25, 0.3) is 11.1 Å². The lowest BCUT2D eigenvalue weighted by atomic mass is 10.1. The molecule has 2 rings (SSSR count). The first-order valence-corrected chi connectivity index (χ1v) is 4.80. The van der Waals surface area contributed by atoms with E-state index in [9.17, 15) is 4.79 Å². The van der Waals surface area contributed by atoms with Gasteiger partial charge in [-0.3, -0.25) is 4.79 Å². The molecule has 1 heterocycles.